The Balaban J connectivity index is 0.751. The van der Waals surface area contributed by atoms with Crippen LogP contribution in [0.25, 0.3) is 0 Å². The number of aliphatic hydroxyl groups excluding tert-OH is 2. The summed E-state index contributed by atoms with van der Waals surface area (Å²) in [4.78, 5) is 0. The van der Waals surface area contributed by atoms with Gasteiger partial charge < -0.3 is 20.4 Å². The van der Waals surface area contributed by atoms with Crippen molar-refractivity contribution in [2.24, 2.45) is 92.2 Å². The summed E-state index contributed by atoms with van der Waals surface area (Å²) in [7, 11) is 0. The second kappa shape index (κ2) is 17.1. The van der Waals surface area contributed by atoms with Crippen molar-refractivity contribution in [2.45, 2.75) is 253 Å². The third-order valence-electron chi connectivity index (χ3n) is 24.0. The zero-order valence-electron chi connectivity index (χ0n) is 42.3. The number of hydrogen-bond acceptors (Lipinski definition) is 4. The molecule has 4 heteroatoms. The normalized spacial score (nSPS) is 47.7. The van der Waals surface area contributed by atoms with Crippen molar-refractivity contribution in [1.82, 2.24) is 0 Å². The average molecular weight is 871 g/mol. The van der Waals surface area contributed by atoms with Gasteiger partial charge in [-0.05, 0) is 240 Å². The van der Waals surface area contributed by atoms with E-state index in [1.165, 1.54) is 83.5 Å². The van der Waals surface area contributed by atoms with Gasteiger partial charge in [-0.15, -0.1) is 0 Å². The molecule has 0 aromatic heterocycles. The molecule has 63 heavy (non-hydrogen) atoms. The third kappa shape index (κ3) is 8.40. The molecule has 0 amide bonds. The Kier molecular flexibility index (Phi) is 12.8. The molecular weight excluding hydrogens is 773 g/mol. The fourth-order valence-corrected chi connectivity index (χ4v) is 19.2. The number of aliphatic hydroxyl groups is 4. The van der Waals surface area contributed by atoms with Crippen LogP contribution >= 0.6 is 0 Å². The minimum atomic E-state index is -0.577. The molecular formula is C59H98O4. The lowest BCUT2D eigenvalue weighted by atomic mass is 9.46. The van der Waals surface area contributed by atoms with Crippen LogP contribution in [0.5, 0.6) is 0 Å². The van der Waals surface area contributed by atoms with Crippen molar-refractivity contribution in [2.75, 3.05) is 0 Å². The quantitative estimate of drug-likeness (QED) is 0.124. The summed E-state index contributed by atoms with van der Waals surface area (Å²) in [5, 5.41) is 46.7. The van der Waals surface area contributed by atoms with Crippen LogP contribution in [-0.2, 0) is 0 Å². The largest absolute Gasteiger partial charge is 0.393 e. The standard InChI is InChI=1S/C59H98O4/c1-10-58(62)34-32-54(6)41(36-58)15-17-43-48-22-20-46(57(48,9)31-24-49(43)54)39(3)52(61)26-29-53(4,5)27-11-28-59(63)35-33-55(7)42(37-59)16-18-44-47-21-19-45(56(47,8)30-25-50(44)55)38(2)51(60)23-14-40-12-13-40/h15-16,38-40,43-52,60-63H,10-14,17-37H2,1-9H3/t38-,39-,43-,44-,45+,46+,47-,48-,49?,50?,51+,52-,54-,55-,56+,57+,58-,59-/m0/s1. The van der Waals surface area contributed by atoms with Crippen molar-refractivity contribution in [3.8, 4) is 0 Å². The van der Waals surface area contributed by atoms with Crippen LogP contribution in [-0.4, -0.2) is 43.8 Å². The number of hydrogen-bond donors (Lipinski definition) is 4. The number of fused-ring (bicyclic) bond motifs is 10. The maximum Gasteiger partial charge on any atom is 0.0685 e. The number of allylic oxidation sites excluding steroid dienone is 2. The lowest BCUT2D eigenvalue weighted by Gasteiger charge is -2.59. The lowest BCUT2D eigenvalue weighted by molar-refractivity contribution is -0.0836. The molecule has 0 aromatic rings. The summed E-state index contributed by atoms with van der Waals surface area (Å²) < 4.78 is 0. The first-order chi connectivity index (χ1) is 29.7. The second-order valence-corrected chi connectivity index (χ2v) is 27.6. The summed E-state index contributed by atoms with van der Waals surface area (Å²) in [6.07, 6.45) is 34.6. The zero-order chi connectivity index (χ0) is 45.0. The molecule has 9 aliphatic rings. The monoisotopic (exact) mass is 871 g/mol. The average Bonchev–Trinajstić information content (AvgIpc) is 3.91. The van der Waals surface area contributed by atoms with E-state index in [4.69, 9.17) is 0 Å². The van der Waals surface area contributed by atoms with Gasteiger partial charge in [0.1, 0.15) is 0 Å². The van der Waals surface area contributed by atoms with E-state index in [1.807, 2.05) is 0 Å². The van der Waals surface area contributed by atoms with Gasteiger partial charge in [0.25, 0.3) is 0 Å². The molecule has 4 nitrogen and oxygen atoms in total. The summed E-state index contributed by atoms with van der Waals surface area (Å²) in [5.41, 5.74) is 3.44. The van der Waals surface area contributed by atoms with Crippen molar-refractivity contribution >= 4 is 0 Å². The maximum absolute atomic E-state index is 12.2. The van der Waals surface area contributed by atoms with Crippen molar-refractivity contribution in [1.29, 1.82) is 0 Å². The first-order valence-corrected chi connectivity index (χ1v) is 27.9. The summed E-state index contributed by atoms with van der Waals surface area (Å²) in [5.74, 6) is 7.48. The predicted octanol–water partition coefficient (Wildman–Crippen LogP) is 14.2. The highest BCUT2D eigenvalue weighted by Crippen LogP contribution is 2.70. The molecule has 0 radical (unpaired) electrons. The Morgan fingerprint density at radius 1 is 0.603 bits per heavy atom. The molecule has 0 aliphatic heterocycles. The van der Waals surface area contributed by atoms with Crippen LogP contribution in [0.4, 0.5) is 0 Å². The smallest absolute Gasteiger partial charge is 0.0685 e. The van der Waals surface area contributed by atoms with Crippen molar-refractivity contribution in [3.05, 3.63) is 23.3 Å². The van der Waals surface area contributed by atoms with Gasteiger partial charge in [-0.25, -0.2) is 0 Å². The van der Waals surface area contributed by atoms with E-state index in [2.05, 4.69) is 74.5 Å². The molecule has 0 heterocycles. The Morgan fingerprint density at radius 2 is 1.10 bits per heavy atom. The Hall–Kier alpha value is -0.680. The van der Waals surface area contributed by atoms with Crippen molar-refractivity contribution < 1.29 is 20.4 Å². The highest BCUT2D eigenvalue weighted by molar-refractivity contribution is 5.29. The molecule has 9 aliphatic carbocycles. The van der Waals surface area contributed by atoms with E-state index in [-0.39, 0.29) is 28.5 Å². The lowest BCUT2D eigenvalue weighted by Crippen LogP contribution is -2.52. The van der Waals surface area contributed by atoms with Gasteiger partial charge in [0, 0.05) is 0 Å². The SMILES string of the molecule is CC[C@]1(O)CC[C@@]2(C)C(=CC[C@@H]3C2CC[C@]2(C)[C@@H]([C@H](C)[C@@H](O)CCC(C)(C)CCC[C@]4(O)CC[C@@]5(C)C(=CC[C@@H]6C5CC[C@]5(C)[C@@H]([C@H](C)[C@H](O)CCC7CC7)CC[C@@H]65)C4)CC[C@@H]32)C1. The van der Waals surface area contributed by atoms with Crippen molar-refractivity contribution in [3.63, 3.8) is 0 Å². The van der Waals surface area contributed by atoms with Crippen LogP contribution in [0.15, 0.2) is 23.3 Å². The van der Waals surface area contributed by atoms with Gasteiger partial charge in [-0.2, -0.15) is 0 Å². The van der Waals surface area contributed by atoms with Gasteiger partial charge in [0.05, 0.1) is 23.4 Å². The van der Waals surface area contributed by atoms with E-state index in [0.29, 0.717) is 34.5 Å². The molecule has 7 saturated carbocycles. The first-order valence-electron chi connectivity index (χ1n) is 27.9. The molecule has 0 bridgehead atoms. The van der Waals surface area contributed by atoms with E-state index >= 15 is 0 Å². The van der Waals surface area contributed by atoms with Crippen LogP contribution in [0.1, 0.15) is 229 Å². The molecule has 0 saturated heterocycles. The van der Waals surface area contributed by atoms with Gasteiger partial charge in [-0.3, -0.25) is 0 Å². The topological polar surface area (TPSA) is 80.9 Å². The molecule has 358 valence electrons. The van der Waals surface area contributed by atoms with E-state index in [0.717, 1.165) is 125 Å². The first kappa shape index (κ1) is 47.4. The fourth-order valence-electron chi connectivity index (χ4n) is 19.2. The fraction of sp³-hybridized carbons (Fsp3) is 0.932. The van der Waals surface area contributed by atoms with Gasteiger partial charge >= 0.3 is 0 Å². The van der Waals surface area contributed by atoms with E-state index in [1.54, 1.807) is 11.1 Å². The Labute approximate surface area is 387 Å². The Morgan fingerprint density at radius 3 is 1.60 bits per heavy atom. The van der Waals surface area contributed by atoms with Crippen LogP contribution in [0, 0.1) is 92.2 Å². The van der Waals surface area contributed by atoms with Crippen LogP contribution in [0.2, 0.25) is 0 Å². The summed E-state index contributed by atoms with van der Waals surface area (Å²) in [6, 6.07) is 0. The zero-order valence-corrected chi connectivity index (χ0v) is 42.3. The highest BCUT2D eigenvalue weighted by Gasteiger charge is 2.62. The van der Waals surface area contributed by atoms with Gasteiger partial charge in [-0.1, -0.05) is 105 Å². The minimum Gasteiger partial charge on any atom is -0.393 e. The molecule has 2 unspecified atom stereocenters. The molecule has 0 spiro atoms. The highest BCUT2D eigenvalue weighted by atomic mass is 16.3. The molecule has 7 fully saturated rings. The summed E-state index contributed by atoms with van der Waals surface area (Å²) >= 11 is 0. The van der Waals surface area contributed by atoms with Gasteiger partial charge in [0.15, 0.2) is 0 Å². The third-order valence-corrected chi connectivity index (χ3v) is 24.0. The predicted molar refractivity (Wildman–Crippen MR) is 260 cm³/mol. The number of rotatable bonds is 15. The molecule has 4 N–H and O–H groups in total. The van der Waals surface area contributed by atoms with Crippen LogP contribution < -0.4 is 0 Å². The van der Waals surface area contributed by atoms with E-state index in [9.17, 15) is 20.4 Å². The van der Waals surface area contributed by atoms with Gasteiger partial charge in [0.2, 0.25) is 0 Å². The minimum absolute atomic E-state index is 0.129. The summed E-state index contributed by atoms with van der Waals surface area (Å²) in [6.45, 7) is 22.2. The van der Waals surface area contributed by atoms with E-state index < -0.39 is 11.2 Å². The second-order valence-electron chi connectivity index (χ2n) is 27.6. The molecule has 18 atom stereocenters. The molecule has 9 rings (SSSR count). The van der Waals surface area contributed by atoms with Crippen LogP contribution in [0.3, 0.4) is 0 Å². The maximum atomic E-state index is 12.2. The molecule has 0 aromatic carbocycles. The Bertz CT molecular complexity index is 1710.